The molecule has 5 heteroatoms. The lowest BCUT2D eigenvalue weighted by atomic mass is 10.1. The Hall–Kier alpha value is -1.72. The number of nitrogens with two attached hydrogens (primary N) is 1. The van der Waals surface area contributed by atoms with Crippen LogP contribution >= 0.6 is 11.3 Å². The highest BCUT2D eigenvalue weighted by Gasteiger charge is 2.05. The number of amides is 1. The number of rotatable bonds is 5. The Bertz CT molecular complexity index is 493. The predicted molar refractivity (Wildman–Crippen MR) is 72.5 cm³/mol. The summed E-state index contributed by atoms with van der Waals surface area (Å²) in [4.78, 5) is 16.0. The van der Waals surface area contributed by atoms with Crippen molar-refractivity contribution >= 4 is 17.2 Å². The zero-order valence-electron chi connectivity index (χ0n) is 9.93. The minimum atomic E-state index is -0.0792. The molecule has 0 radical (unpaired) electrons. The van der Waals surface area contributed by atoms with Gasteiger partial charge in [-0.25, -0.2) is 4.98 Å². The third kappa shape index (κ3) is 3.38. The van der Waals surface area contributed by atoms with Crippen LogP contribution in [0, 0.1) is 0 Å². The number of carbonyl (C=O) groups excluding carboxylic acids is 1. The van der Waals surface area contributed by atoms with Gasteiger partial charge in [-0.15, -0.1) is 11.3 Å². The van der Waals surface area contributed by atoms with Crippen molar-refractivity contribution in [3.8, 4) is 0 Å². The fourth-order valence-corrected chi connectivity index (χ4v) is 2.14. The average Bonchev–Trinajstić information content (AvgIpc) is 2.90. The van der Waals surface area contributed by atoms with Crippen molar-refractivity contribution < 1.29 is 4.79 Å². The standard InChI is InChI=1S/C13H15N3OS/c14-6-5-10-1-3-11(4-2-10)13(17)16-9-12-15-7-8-18-12/h1-4,7-8H,5-6,9,14H2,(H,16,17). The van der Waals surface area contributed by atoms with Crippen molar-refractivity contribution in [2.75, 3.05) is 6.54 Å². The summed E-state index contributed by atoms with van der Waals surface area (Å²) >= 11 is 1.53. The molecule has 18 heavy (non-hydrogen) atoms. The van der Waals surface area contributed by atoms with Gasteiger partial charge in [0.15, 0.2) is 0 Å². The summed E-state index contributed by atoms with van der Waals surface area (Å²) in [6, 6.07) is 7.51. The molecule has 0 fully saturated rings. The van der Waals surface area contributed by atoms with Gasteiger partial charge < -0.3 is 11.1 Å². The highest BCUT2D eigenvalue weighted by molar-refractivity contribution is 7.09. The lowest BCUT2D eigenvalue weighted by Crippen LogP contribution is -2.22. The van der Waals surface area contributed by atoms with E-state index >= 15 is 0 Å². The molecule has 0 atom stereocenters. The van der Waals surface area contributed by atoms with Crippen LogP contribution in [-0.4, -0.2) is 17.4 Å². The van der Waals surface area contributed by atoms with E-state index in [0.717, 1.165) is 17.0 Å². The SMILES string of the molecule is NCCc1ccc(C(=O)NCc2nccs2)cc1. The molecule has 0 saturated heterocycles. The second-order valence-corrected chi connectivity index (χ2v) is 4.82. The number of nitrogens with zero attached hydrogens (tertiary/aromatic N) is 1. The van der Waals surface area contributed by atoms with E-state index in [-0.39, 0.29) is 5.91 Å². The first-order valence-electron chi connectivity index (χ1n) is 5.75. The maximum Gasteiger partial charge on any atom is 0.251 e. The van der Waals surface area contributed by atoms with Crippen LogP contribution in [0.2, 0.25) is 0 Å². The smallest absolute Gasteiger partial charge is 0.251 e. The number of thiazole rings is 1. The molecule has 1 heterocycles. The van der Waals surface area contributed by atoms with Crippen LogP contribution in [0.1, 0.15) is 20.9 Å². The second-order valence-electron chi connectivity index (χ2n) is 3.84. The Morgan fingerprint density at radius 2 is 2.11 bits per heavy atom. The van der Waals surface area contributed by atoms with Crippen LogP contribution in [-0.2, 0) is 13.0 Å². The number of hydrogen-bond donors (Lipinski definition) is 2. The first kappa shape index (κ1) is 12.7. The minimum Gasteiger partial charge on any atom is -0.346 e. The zero-order chi connectivity index (χ0) is 12.8. The molecule has 0 bridgehead atoms. The third-order valence-corrected chi connectivity index (χ3v) is 3.31. The fraction of sp³-hybridized carbons (Fsp3) is 0.231. The number of carbonyl (C=O) groups is 1. The van der Waals surface area contributed by atoms with Gasteiger partial charge in [-0.05, 0) is 30.7 Å². The largest absolute Gasteiger partial charge is 0.346 e. The fourth-order valence-electron chi connectivity index (χ4n) is 1.59. The molecule has 4 nitrogen and oxygen atoms in total. The molecule has 0 aliphatic carbocycles. The molecule has 0 aliphatic rings. The highest BCUT2D eigenvalue weighted by atomic mass is 32.1. The maximum atomic E-state index is 11.9. The first-order chi connectivity index (χ1) is 8.79. The summed E-state index contributed by atoms with van der Waals surface area (Å²) in [5, 5.41) is 5.63. The lowest BCUT2D eigenvalue weighted by molar-refractivity contribution is 0.0951. The van der Waals surface area contributed by atoms with Gasteiger partial charge in [-0.1, -0.05) is 12.1 Å². The molecule has 3 N–H and O–H groups in total. The van der Waals surface area contributed by atoms with E-state index in [4.69, 9.17) is 5.73 Å². The molecular weight excluding hydrogens is 246 g/mol. The number of hydrogen-bond acceptors (Lipinski definition) is 4. The average molecular weight is 261 g/mol. The van der Waals surface area contributed by atoms with E-state index in [1.807, 2.05) is 29.6 Å². The summed E-state index contributed by atoms with van der Waals surface area (Å²) in [6.07, 6.45) is 2.56. The van der Waals surface area contributed by atoms with Crippen molar-refractivity contribution in [2.45, 2.75) is 13.0 Å². The topological polar surface area (TPSA) is 68.0 Å². The molecule has 1 aromatic heterocycles. The predicted octanol–water partition coefficient (Wildman–Crippen LogP) is 1.57. The van der Waals surface area contributed by atoms with Crippen molar-refractivity contribution in [1.82, 2.24) is 10.3 Å². The van der Waals surface area contributed by atoms with E-state index in [2.05, 4.69) is 10.3 Å². The summed E-state index contributed by atoms with van der Waals surface area (Å²) in [7, 11) is 0. The molecule has 1 aromatic carbocycles. The highest BCUT2D eigenvalue weighted by Crippen LogP contribution is 2.06. The van der Waals surface area contributed by atoms with Gasteiger partial charge in [0.25, 0.3) is 5.91 Å². The van der Waals surface area contributed by atoms with E-state index < -0.39 is 0 Å². The molecule has 0 saturated carbocycles. The van der Waals surface area contributed by atoms with Crippen molar-refractivity contribution in [3.63, 3.8) is 0 Å². The Morgan fingerprint density at radius 1 is 1.33 bits per heavy atom. The van der Waals surface area contributed by atoms with E-state index in [1.165, 1.54) is 11.3 Å². The maximum absolute atomic E-state index is 11.9. The summed E-state index contributed by atoms with van der Waals surface area (Å²) in [6.45, 7) is 1.09. The molecule has 2 rings (SSSR count). The van der Waals surface area contributed by atoms with Gasteiger partial charge in [0.05, 0.1) is 6.54 Å². The normalized spacial score (nSPS) is 10.3. The lowest BCUT2D eigenvalue weighted by Gasteiger charge is -2.04. The molecule has 94 valence electrons. The molecule has 0 aliphatic heterocycles. The van der Waals surface area contributed by atoms with E-state index in [9.17, 15) is 4.79 Å². The molecule has 0 unspecified atom stereocenters. The minimum absolute atomic E-state index is 0.0792. The van der Waals surface area contributed by atoms with E-state index in [1.54, 1.807) is 6.20 Å². The second kappa shape index (κ2) is 6.28. The third-order valence-electron chi connectivity index (χ3n) is 2.53. The molecule has 1 amide bonds. The van der Waals surface area contributed by atoms with Crippen molar-refractivity contribution in [1.29, 1.82) is 0 Å². The van der Waals surface area contributed by atoms with Crippen molar-refractivity contribution in [2.24, 2.45) is 5.73 Å². The Labute approximate surface area is 110 Å². The quantitative estimate of drug-likeness (QED) is 0.858. The zero-order valence-corrected chi connectivity index (χ0v) is 10.7. The van der Waals surface area contributed by atoms with E-state index in [0.29, 0.717) is 18.7 Å². The van der Waals surface area contributed by atoms with Crippen LogP contribution in [0.4, 0.5) is 0 Å². The number of benzene rings is 1. The monoisotopic (exact) mass is 261 g/mol. The van der Waals surface area contributed by atoms with Gasteiger partial charge in [0.2, 0.25) is 0 Å². The van der Waals surface area contributed by atoms with Crippen LogP contribution in [0.15, 0.2) is 35.8 Å². The van der Waals surface area contributed by atoms with Crippen LogP contribution in [0.25, 0.3) is 0 Å². The van der Waals surface area contributed by atoms with Crippen LogP contribution in [0.5, 0.6) is 0 Å². The first-order valence-corrected chi connectivity index (χ1v) is 6.63. The summed E-state index contributed by atoms with van der Waals surface area (Å²) in [5.74, 6) is -0.0792. The van der Waals surface area contributed by atoms with Crippen LogP contribution < -0.4 is 11.1 Å². The van der Waals surface area contributed by atoms with Crippen molar-refractivity contribution in [3.05, 3.63) is 52.0 Å². The van der Waals surface area contributed by atoms with Gasteiger partial charge >= 0.3 is 0 Å². The Balaban J connectivity index is 1.92. The molecule has 0 spiro atoms. The van der Waals surface area contributed by atoms with Gasteiger partial charge in [-0.2, -0.15) is 0 Å². The van der Waals surface area contributed by atoms with Crippen LogP contribution in [0.3, 0.4) is 0 Å². The summed E-state index contributed by atoms with van der Waals surface area (Å²) < 4.78 is 0. The number of nitrogens with one attached hydrogen (secondary N) is 1. The van der Waals surface area contributed by atoms with Gasteiger partial charge in [0.1, 0.15) is 5.01 Å². The number of aromatic nitrogens is 1. The molecular formula is C13H15N3OS. The Kier molecular flexibility index (Phi) is 4.44. The van der Waals surface area contributed by atoms with Gasteiger partial charge in [-0.3, -0.25) is 4.79 Å². The molecule has 2 aromatic rings. The summed E-state index contributed by atoms with van der Waals surface area (Å²) in [5.41, 5.74) is 7.28. The Morgan fingerprint density at radius 3 is 2.72 bits per heavy atom. The van der Waals surface area contributed by atoms with Gasteiger partial charge in [0, 0.05) is 17.1 Å².